The molecular weight excluding hydrogens is 506 g/mol. The molecule has 1 spiro atoms. The first-order chi connectivity index (χ1) is 18.8. The second kappa shape index (κ2) is 11.7. The van der Waals surface area contributed by atoms with Crippen LogP contribution in [0.25, 0.3) is 0 Å². The Morgan fingerprint density at radius 3 is 2.38 bits per heavy atom. The van der Waals surface area contributed by atoms with Gasteiger partial charge in [-0.2, -0.15) is 5.26 Å². The van der Waals surface area contributed by atoms with Crippen LogP contribution < -0.4 is 5.32 Å². The highest BCUT2D eigenvalue weighted by Crippen LogP contribution is 2.35. The number of ether oxygens (including phenoxy) is 2. The minimum Gasteiger partial charge on any atom is -0.443 e. The molecule has 3 saturated heterocycles. The van der Waals surface area contributed by atoms with Gasteiger partial charge in [0.2, 0.25) is 0 Å². The van der Waals surface area contributed by atoms with Crippen molar-refractivity contribution in [2.45, 2.75) is 56.9 Å². The number of amides is 2. The summed E-state index contributed by atoms with van der Waals surface area (Å²) in [5.41, 5.74) is 0.792. The van der Waals surface area contributed by atoms with Crippen LogP contribution in [-0.2, 0) is 22.6 Å². The van der Waals surface area contributed by atoms with Gasteiger partial charge < -0.3 is 19.7 Å². The van der Waals surface area contributed by atoms with Crippen LogP contribution in [0.1, 0.15) is 59.2 Å². The van der Waals surface area contributed by atoms with Gasteiger partial charge in [0.1, 0.15) is 17.2 Å². The molecule has 1 N–H and O–H groups in total. The van der Waals surface area contributed by atoms with E-state index in [2.05, 4.69) is 5.32 Å². The molecule has 206 valence electrons. The van der Waals surface area contributed by atoms with Crippen molar-refractivity contribution in [3.8, 4) is 6.07 Å². The Hall–Kier alpha value is -3.55. The number of hydrogen-bond donors (Lipinski definition) is 1. The maximum atomic E-state index is 14.3. The van der Waals surface area contributed by atoms with Crippen molar-refractivity contribution >= 4 is 12.0 Å². The third-order valence-corrected chi connectivity index (χ3v) is 7.92. The largest absolute Gasteiger partial charge is 0.443 e. The van der Waals surface area contributed by atoms with E-state index in [1.54, 1.807) is 23.1 Å². The van der Waals surface area contributed by atoms with Crippen molar-refractivity contribution in [3.05, 3.63) is 70.3 Å². The summed E-state index contributed by atoms with van der Waals surface area (Å²) in [6.07, 6.45) is 3.54. The molecule has 0 radical (unpaired) electrons. The van der Waals surface area contributed by atoms with Crippen LogP contribution in [0.15, 0.2) is 36.4 Å². The zero-order chi connectivity index (χ0) is 27.4. The predicted molar refractivity (Wildman–Crippen MR) is 138 cm³/mol. The fourth-order valence-corrected chi connectivity index (χ4v) is 5.48. The van der Waals surface area contributed by atoms with Crippen LogP contribution in [0.4, 0.5) is 13.6 Å². The lowest BCUT2D eigenvalue weighted by atomic mass is 9.86. The number of nitrogens with one attached hydrogen (secondary N) is 1. The quantitative estimate of drug-likeness (QED) is 0.570. The van der Waals surface area contributed by atoms with E-state index in [0.29, 0.717) is 57.5 Å². The smallest absolute Gasteiger partial charge is 0.410 e. The molecule has 0 aromatic heterocycles. The van der Waals surface area contributed by atoms with Crippen molar-refractivity contribution < 1.29 is 27.8 Å². The molecule has 2 aromatic carbocycles. The second-order valence-electron chi connectivity index (χ2n) is 10.6. The number of nitrogens with zero attached hydrogens (tertiary/aromatic N) is 3. The standard InChI is InChI=1S/C29H32F2N4O4/c30-25-14-21(16-32)15-26(31)24(25)19-34-10-7-29(8-11-34)9-12-35(28(37)39-29)18-20-3-5-22(6-4-20)27(36)33-17-23-2-1-13-38-23/h3-6,14-15,23H,1-2,7-13,17-19H2,(H,33,36). The molecule has 0 bridgehead atoms. The van der Waals surface area contributed by atoms with Gasteiger partial charge in [-0.3, -0.25) is 9.69 Å². The number of piperidine rings is 1. The lowest BCUT2D eigenvalue weighted by Crippen LogP contribution is -2.54. The van der Waals surface area contributed by atoms with E-state index in [1.165, 1.54) is 0 Å². The Bertz CT molecular complexity index is 1230. The Kier molecular flexibility index (Phi) is 8.10. The van der Waals surface area contributed by atoms with Crippen LogP contribution in [0.3, 0.4) is 0 Å². The SMILES string of the molecule is N#Cc1cc(F)c(CN2CCC3(CC2)CCN(Cc2ccc(C(=O)NCC4CCCO4)cc2)C(=O)O3)c(F)c1. The van der Waals surface area contributed by atoms with Crippen molar-refractivity contribution in [1.29, 1.82) is 5.26 Å². The van der Waals surface area contributed by atoms with Crippen molar-refractivity contribution in [3.63, 3.8) is 0 Å². The molecule has 1 atom stereocenters. The first kappa shape index (κ1) is 27.0. The van der Waals surface area contributed by atoms with E-state index in [9.17, 15) is 18.4 Å². The molecule has 1 unspecified atom stereocenters. The number of benzene rings is 2. The van der Waals surface area contributed by atoms with Crippen molar-refractivity contribution in [2.75, 3.05) is 32.8 Å². The normalized spacial score (nSPS) is 21.0. The molecule has 3 aliphatic rings. The number of hydrogen-bond acceptors (Lipinski definition) is 6. The second-order valence-corrected chi connectivity index (χ2v) is 10.6. The van der Waals surface area contributed by atoms with Gasteiger partial charge in [-0.25, -0.2) is 13.6 Å². The van der Waals surface area contributed by atoms with E-state index in [4.69, 9.17) is 14.7 Å². The third kappa shape index (κ3) is 6.37. The molecule has 0 saturated carbocycles. The van der Waals surface area contributed by atoms with Gasteiger partial charge in [0.25, 0.3) is 5.91 Å². The predicted octanol–water partition coefficient (Wildman–Crippen LogP) is 4.12. The van der Waals surface area contributed by atoms with E-state index in [0.717, 1.165) is 37.1 Å². The molecule has 8 nitrogen and oxygen atoms in total. The Balaban J connectivity index is 1.09. The van der Waals surface area contributed by atoms with Gasteiger partial charge in [-0.15, -0.1) is 0 Å². The number of likely N-dealkylation sites (tertiary alicyclic amines) is 1. The van der Waals surface area contributed by atoms with Crippen molar-refractivity contribution in [1.82, 2.24) is 15.1 Å². The van der Waals surface area contributed by atoms with Crippen LogP contribution in [0, 0.1) is 23.0 Å². The van der Waals surface area contributed by atoms with Crippen LogP contribution in [0.2, 0.25) is 0 Å². The van der Waals surface area contributed by atoms with E-state index in [1.807, 2.05) is 17.0 Å². The minimum atomic E-state index is -0.723. The first-order valence-electron chi connectivity index (χ1n) is 13.4. The first-order valence-corrected chi connectivity index (χ1v) is 13.4. The molecule has 3 fully saturated rings. The van der Waals surface area contributed by atoms with Gasteiger partial charge in [0.05, 0.1) is 17.7 Å². The molecule has 10 heteroatoms. The molecule has 0 aliphatic carbocycles. The summed E-state index contributed by atoms with van der Waals surface area (Å²) < 4.78 is 40.1. The average Bonchev–Trinajstić information content (AvgIpc) is 3.46. The maximum Gasteiger partial charge on any atom is 0.410 e. The van der Waals surface area contributed by atoms with Crippen molar-refractivity contribution in [2.24, 2.45) is 0 Å². The molecule has 39 heavy (non-hydrogen) atoms. The number of rotatable bonds is 7. The lowest BCUT2D eigenvalue weighted by Gasteiger charge is -2.46. The zero-order valence-electron chi connectivity index (χ0n) is 21.8. The summed E-state index contributed by atoms with van der Waals surface area (Å²) in [4.78, 5) is 28.9. The highest BCUT2D eigenvalue weighted by atomic mass is 19.1. The highest BCUT2D eigenvalue weighted by Gasteiger charge is 2.43. The summed E-state index contributed by atoms with van der Waals surface area (Å²) in [5.74, 6) is -1.59. The summed E-state index contributed by atoms with van der Waals surface area (Å²) in [6.45, 7) is 3.36. The Labute approximate surface area is 226 Å². The molecule has 5 rings (SSSR count). The summed E-state index contributed by atoms with van der Waals surface area (Å²) in [5, 5.41) is 11.8. The molecule has 2 amide bonds. The van der Waals surface area contributed by atoms with E-state index in [-0.39, 0.29) is 35.8 Å². The van der Waals surface area contributed by atoms with Gasteiger partial charge in [0.15, 0.2) is 0 Å². The molecular formula is C29H32F2N4O4. The summed E-state index contributed by atoms with van der Waals surface area (Å²) in [7, 11) is 0. The lowest BCUT2D eigenvalue weighted by molar-refractivity contribution is -0.0833. The maximum absolute atomic E-state index is 14.3. The molecule has 2 aromatic rings. The van der Waals surface area contributed by atoms with Crippen LogP contribution in [0.5, 0.6) is 0 Å². The number of nitriles is 1. The number of halogens is 2. The fourth-order valence-electron chi connectivity index (χ4n) is 5.48. The highest BCUT2D eigenvalue weighted by molar-refractivity contribution is 5.94. The fraction of sp³-hybridized carbons (Fsp3) is 0.483. The minimum absolute atomic E-state index is 0.0449. The van der Waals surface area contributed by atoms with E-state index < -0.39 is 17.2 Å². The van der Waals surface area contributed by atoms with Gasteiger partial charge in [-0.05, 0) is 42.7 Å². The third-order valence-electron chi connectivity index (χ3n) is 7.92. The number of carbonyl (C=O) groups excluding carboxylic acids is 2. The average molecular weight is 539 g/mol. The molecule has 3 aliphatic heterocycles. The Morgan fingerprint density at radius 2 is 1.77 bits per heavy atom. The monoisotopic (exact) mass is 538 g/mol. The Morgan fingerprint density at radius 1 is 1.08 bits per heavy atom. The van der Waals surface area contributed by atoms with Gasteiger partial charge in [-0.1, -0.05) is 12.1 Å². The summed E-state index contributed by atoms with van der Waals surface area (Å²) >= 11 is 0. The zero-order valence-corrected chi connectivity index (χ0v) is 21.8. The van der Waals surface area contributed by atoms with Gasteiger partial charge in [0, 0.05) is 76.3 Å². The topological polar surface area (TPSA) is 94.9 Å². The molecule has 3 heterocycles. The van der Waals surface area contributed by atoms with Crippen LogP contribution in [-0.4, -0.2) is 66.3 Å². The van der Waals surface area contributed by atoms with E-state index >= 15 is 0 Å². The summed E-state index contributed by atoms with van der Waals surface area (Å²) in [6, 6.07) is 11.1. The van der Waals surface area contributed by atoms with Gasteiger partial charge >= 0.3 is 6.09 Å². The number of carbonyl (C=O) groups is 2. The van der Waals surface area contributed by atoms with Crippen LogP contribution >= 0.6 is 0 Å².